The maximum absolute atomic E-state index is 5.89. The van der Waals surface area contributed by atoms with Crippen LogP contribution in [0.5, 0.6) is 0 Å². The number of anilines is 1. The van der Waals surface area contributed by atoms with Gasteiger partial charge in [-0.05, 0) is 18.6 Å². The maximum Gasteiger partial charge on any atom is 0.154 e. The highest BCUT2D eigenvalue weighted by Crippen LogP contribution is 2.29. The minimum absolute atomic E-state index is 0.471. The molecule has 0 saturated heterocycles. The average Bonchev–Trinajstić information content (AvgIpc) is 2.83. The van der Waals surface area contributed by atoms with Crippen molar-refractivity contribution < 1.29 is 4.42 Å². The molecule has 2 heterocycles. The van der Waals surface area contributed by atoms with Crippen LogP contribution in [0, 0.1) is 6.92 Å². The summed E-state index contributed by atoms with van der Waals surface area (Å²) in [6.45, 7) is 4.03. The van der Waals surface area contributed by atoms with Crippen molar-refractivity contribution in [1.82, 2.24) is 9.97 Å². The second kappa shape index (κ2) is 4.39. The van der Waals surface area contributed by atoms with Gasteiger partial charge in [-0.1, -0.05) is 25.1 Å². The summed E-state index contributed by atoms with van der Waals surface area (Å²) < 4.78 is 5.89. The Balaban J connectivity index is 2.19. The summed E-state index contributed by atoms with van der Waals surface area (Å²) in [5.74, 6) is 1.93. The van der Waals surface area contributed by atoms with Gasteiger partial charge in [-0.25, -0.2) is 9.97 Å². The number of nitrogens with zero attached hydrogens (tertiary/aromatic N) is 2. The van der Waals surface area contributed by atoms with Gasteiger partial charge in [0.2, 0.25) is 0 Å². The third-order valence-electron chi connectivity index (χ3n) is 3.10. The fourth-order valence-electron chi connectivity index (χ4n) is 2.14. The Morgan fingerprint density at radius 1 is 1.21 bits per heavy atom. The van der Waals surface area contributed by atoms with E-state index in [1.807, 2.05) is 38.1 Å². The number of benzene rings is 1. The second-order valence-electron chi connectivity index (χ2n) is 4.55. The third kappa shape index (κ3) is 2.05. The molecular formula is C15H15N3O. The van der Waals surface area contributed by atoms with Crippen molar-refractivity contribution in [3.8, 4) is 11.5 Å². The van der Waals surface area contributed by atoms with Crippen LogP contribution in [0.1, 0.15) is 18.3 Å². The van der Waals surface area contributed by atoms with Gasteiger partial charge in [0.05, 0.1) is 0 Å². The number of furan rings is 1. The molecule has 19 heavy (non-hydrogen) atoms. The van der Waals surface area contributed by atoms with Gasteiger partial charge in [-0.2, -0.15) is 0 Å². The van der Waals surface area contributed by atoms with Crippen molar-refractivity contribution in [1.29, 1.82) is 0 Å². The summed E-state index contributed by atoms with van der Waals surface area (Å²) in [7, 11) is 0. The van der Waals surface area contributed by atoms with Crippen LogP contribution < -0.4 is 5.73 Å². The summed E-state index contributed by atoms with van der Waals surface area (Å²) in [6, 6.07) is 9.81. The lowest BCUT2D eigenvalue weighted by Gasteiger charge is -2.01. The van der Waals surface area contributed by atoms with E-state index < -0.39 is 0 Å². The van der Waals surface area contributed by atoms with Gasteiger partial charge >= 0.3 is 0 Å². The molecule has 1 aromatic carbocycles. The topological polar surface area (TPSA) is 64.9 Å². The van der Waals surface area contributed by atoms with E-state index in [9.17, 15) is 0 Å². The molecule has 0 aliphatic carbocycles. The zero-order valence-electron chi connectivity index (χ0n) is 11.0. The number of aryl methyl sites for hydroxylation is 2. The molecule has 3 rings (SSSR count). The summed E-state index contributed by atoms with van der Waals surface area (Å²) in [5.41, 5.74) is 8.55. The molecule has 2 N–H and O–H groups in total. The highest BCUT2D eigenvalue weighted by Gasteiger charge is 2.11. The molecule has 0 bridgehead atoms. The van der Waals surface area contributed by atoms with Gasteiger partial charge in [0, 0.05) is 17.9 Å². The highest BCUT2D eigenvalue weighted by molar-refractivity contribution is 5.84. The van der Waals surface area contributed by atoms with E-state index in [1.54, 1.807) is 6.07 Å². The van der Waals surface area contributed by atoms with Gasteiger partial charge in [0.1, 0.15) is 22.9 Å². The molecule has 0 aliphatic rings. The summed E-state index contributed by atoms with van der Waals surface area (Å²) >= 11 is 0. The first-order valence-corrected chi connectivity index (χ1v) is 6.30. The summed E-state index contributed by atoms with van der Waals surface area (Å²) in [5, 5.41) is 1.07. The third-order valence-corrected chi connectivity index (χ3v) is 3.10. The molecule has 0 radical (unpaired) electrons. The van der Waals surface area contributed by atoms with Crippen LogP contribution in [0.25, 0.3) is 22.4 Å². The van der Waals surface area contributed by atoms with Gasteiger partial charge < -0.3 is 10.2 Å². The van der Waals surface area contributed by atoms with Crippen LogP contribution in [0.4, 0.5) is 5.82 Å². The first-order valence-electron chi connectivity index (χ1n) is 6.30. The minimum Gasteiger partial charge on any atom is -0.454 e. The van der Waals surface area contributed by atoms with Crippen LogP contribution in [0.15, 0.2) is 34.7 Å². The number of nitrogen functional groups attached to an aromatic ring is 1. The van der Waals surface area contributed by atoms with Gasteiger partial charge in [-0.3, -0.25) is 0 Å². The van der Waals surface area contributed by atoms with Crippen molar-refractivity contribution >= 4 is 16.8 Å². The van der Waals surface area contributed by atoms with Crippen LogP contribution in [0.2, 0.25) is 0 Å². The Morgan fingerprint density at radius 3 is 2.79 bits per heavy atom. The van der Waals surface area contributed by atoms with Gasteiger partial charge in [-0.15, -0.1) is 0 Å². The molecule has 2 aromatic heterocycles. The lowest BCUT2D eigenvalue weighted by Crippen LogP contribution is -1.99. The molecule has 0 atom stereocenters. The number of fused-ring (bicyclic) bond motifs is 1. The molecular weight excluding hydrogens is 238 g/mol. The van der Waals surface area contributed by atoms with Crippen molar-refractivity contribution in [3.63, 3.8) is 0 Å². The van der Waals surface area contributed by atoms with Crippen molar-refractivity contribution in [3.05, 3.63) is 41.7 Å². The van der Waals surface area contributed by atoms with Crippen LogP contribution in [-0.4, -0.2) is 9.97 Å². The Kier molecular flexibility index (Phi) is 2.71. The fourth-order valence-corrected chi connectivity index (χ4v) is 2.14. The molecule has 3 aromatic rings. The second-order valence-corrected chi connectivity index (χ2v) is 4.55. The molecule has 96 valence electrons. The standard InChI is InChI=1S/C15H15N3O/c1-3-14-17-11(8-13(16)18-14)12-7-10-6-4-5-9(2)15(10)19-12/h4-8H,3H2,1-2H3,(H2,16,17,18). The molecule has 0 amide bonds. The zero-order chi connectivity index (χ0) is 13.4. The smallest absolute Gasteiger partial charge is 0.154 e. The molecule has 0 spiro atoms. The van der Waals surface area contributed by atoms with Crippen molar-refractivity contribution in [2.24, 2.45) is 0 Å². The van der Waals surface area contributed by atoms with Crippen molar-refractivity contribution in [2.45, 2.75) is 20.3 Å². The van der Waals surface area contributed by atoms with E-state index in [4.69, 9.17) is 10.2 Å². The van der Waals surface area contributed by atoms with E-state index in [0.29, 0.717) is 5.82 Å². The number of nitrogens with two attached hydrogens (primary N) is 1. The quantitative estimate of drug-likeness (QED) is 0.760. The first kappa shape index (κ1) is 11.7. The molecule has 4 nitrogen and oxygen atoms in total. The molecule has 0 unspecified atom stereocenters. The van der Waals surface area contributed by atoms with E-state index >= 15 is 0 Å². The Morgan fingerprint density at radius 2 is 2.05 bits per heavy atom. The van der Waals surface area contributed by atoms with E-state index in [2.05, 4.69) is 9.97 Å². The molecule has 0 fully saturated rings. The predicted octanol–water partition coefficient (Wildman–Crippen LogP) is 3.34. The minimum atomic E-state index is 0.471. The fraction of sp³-hybridized carbons (Fsp3) is 0.200. The number of para-hydroxylation sites is 1. The Hall–Kier alpha value is -2.36. The summed E-state index contributed by atoms with van der Waals surface area (Å²) in [6.07, 6.45) is 0.747. The van der Waals surface area contributed by atoms with E-state index in [-0.39, 0.29) is 0 Å². The number of hydrogen-bond acceptors (Lipinski definition) is 4. The highest BCUT2D eigenvalue weighted by atomic mass is 16.3. The predicted molar refractivity (Wildman–Crippen MR) is 75.8 cm³/mol. The lowest BCUT2D eigenvalue weighted by atomic mass is 10.2. The van der Waals surface area contributed by atoms with Crippen LogP contribution in [0.3, 0.4) is 0 Å². The SMILES string of the molecule is CCc1nc(N)cc(-c2cc3cccc(C)c3o2)n1. The van der Waals surface area contributed by atoms with Crippen LogP contribution >= 0.6 is 0 Å². The van der Waals surface area contributed by atoms with Gasteiger partial charge in [0.25, 0.3) is 0 Å². The summed E-state index contributed by atoms with van der Waals surface area (Å²) in [4.78, 5) is 8.64. The molecule has 0 aliphatic heterocycles. The first-order chi connectivity index (χ1) is 9.17. The zero-order valence-corrected chi connectivity index (χ0v) is 11.0. The van der Waals surface area contributed by atoms with Gasteiger partial charge in [0.15, 0.2) is 5.76 Å². The van der Waals surface area contributed by atoms with Crippen molar-refractivity contribution in [2.75, 3.05) is 5.73 Å². The Bertz CT molecular complexity index is 746. The normalized spacial score (nSPS) is 11.1. The number of hydrogen-bond donors (Lipinski definition) is 1. The Labute approximate surface area is 111 Å². The lowest BCUT2D eigenvalue weighted by molar-refractivity contribution is 0.625. The number of rotatable bonds is 2. The molecule has 0 saturated carbocycles. The van der Waals surface area contributed by atoms with E-state index in [1.165, 1.54) is 0 Å². The van der Waals surface area contributed by atoms with Crippen LogP contribution in [-0.2, 0) is 6.42 Å². The average molecular weight is 253 g/mol. The maximum atomic E-state index is 5.89. The molecule has 4 heteroatoms. The van der Waals surface area contributed by atoms with E-state index in [0.717, 1.165) is 40.2 Å². The number of aromatic nitrogens is 2. The largest absolute Gasteiger partial charge is 0.454 e. The monoisotopic (exact) mass is 253 g/mol.